The molecule has 12 heteroatoms. The summed E-state index contributed by atoms with van der Waals surface area (Å²) in [4.78, 5) is 32.5. The summed E-state index contributed by atoms with van der Waals surface area (Å²) in [6.45, 7) is 3.98. The van der Waals surface area contributed by atoms with Gasteiger partial charge in [0.25, 0.3) is 5.91 Å². The molecule has 10 nitrogen and oxygen atoms in total. The first-order valence-electron chi connectivity index (χ1n) is 12.8. The summed E-state index contributed by atoms with van der Waals surface area (Å²) in [6.07, 6.45) is 10.2. The molecule has 0 spiro atoms. The van der Waals surface area contributed by atoms with Crippen LogP contribution in [0.25, 0.3) is 16.9 Å². The van der Waals surface area contributed by atoms with Gasteiger partial charge in [-0.25, -0.2) is 14.4 Å². The maximum atomic E-state index is 15.0. The van der Waals surface area contributed by atoms with Gasteiger partial charge >= 0.3 is 0 Å². The number of amides is 2. The number of primary amides is 1. The van der Waals surface area contributed by atoms with Crippen molar-refractivity contribution in [2.75, 3.05) is 25.0 Å². The van der Waals surface area contributed by atoms with Crippen LogP contribution in [-0.2, 0) is 11.2 Å². The lowest BCUT2D eigenvalue weighted by Gasteiger charge is -2.17. The highest BCUT2D eigenvalue weighted by atomic mass is 19.2. The number of nitrogens with zero attached hydrogens (tertiary/aromatic N) is 3. The average Bonchev–Trinajstić information content (AvgIpc) is 3.38. The second kappa shape index (κ2) is 12.9. The number of nitrogens with two attached hydrogens (primary N) is 1. The van der Waals surface area contributed by atoms with E-state index in [0.717, 1.165) is 5.56 Å². The van der Waals surface area contributed by atoms with Gasteiger partial charge in [0.15, 0.2) is 23.0 Å². The summed E-state index contributed by atoms with van der Waals surface area (Å²) in [5.74, 6) is -0.643. The molecule has 2 heterocycles. The van der Waals surface area contributed by atoms with E-state index in [2.05, 4.69) is 31.8 Å². The fourth-order valence-corrected chi connectivity index (χ4v) is 4.25. The summed E-state index contributed by atoms with van der Waals surface area (Å²) in [5, 5.41) is 8.99. The van der Waals surface area contributed by atoms with Gasteiger partial charge in [-0.3, -0.25) is 14.0 Å². The monoisotopic (exact) mass is 561 g/mol. The number of ether oxygens (including phenoxy) is 1. The zero-order valence-electron chi connectivity index (χ0n) is 22.5. The molecule has 0 saturated carbocycles. The fourth-order valence-electron chi connectivity index (χ4n) is 4.25. The number of hydrogen-bond donors (Lipinski definition) is 4. The molecule has 5 N–H and O–H groups in total. The van der Waals surface area contributed by atoms with E-state index in [1.165, 1.54) is 24.5 Å². The maximum Gasteiger partial charge on any atom is 0.251 e. The number of anilines is 2. The first-order chi connectivity index (χ1) is 19.7. The predicted octanol–water partition coefficient (Wildman–Crippen LogP) is 3.19. The molecule has 0 bridgehead atoms. The lowest BCUT2D eigenvalue weighted by molar-refractivity contribution is -0.117. The topological polar surface area (TPSA) is 136 Å². The van der Waals surface area contributed by atoms with Crippen LogP contribution in [0.4, 0.5) is 20.3 Å². The van der Waals surface area contributed by atoms with E-state index in [9.17, 15) is 18.4 Å². The van der Waals surface area contributed by atoms with Gasteiger partial charge in [0.1, 0.15) is 6.61 Å². The lowest BCUT2D eigenvalue weighted by Crippen LogP contribution is -2.42. The Kier molecular flexibility index (Phi) is 9.11. The number of nitrogens with one attached hydrogen (secondary N) is 3. The van der Waals surface area contributed by atoms with E-state index in [1.54, 1.807) is 22.7 Å². The van der Waals surface area contributed by atoms with Crippen LogP contribution in [0.1, 0.15) is 29.8 Å². The smallest absolute Gasteiger partial charge is 0.251 e. The van der Waals surface area contributed by atoms with Crippen LogP contribution in [0.3, 0.4) is 0 Å². The Labute approximate surface area is 235 Å². The maximum absolute atomic E-state index is 15.0. The molecule has 0 radical (unpaired) electrons. The van der Waals surface area contributed by atoms with Crippen LogP contribution in [-0.4, -0.2) is 51.9 Å². The molecular formula is C29H29F2N7O3. The highest BCUT2D eigenvalue weighted by molar-refractivity contribution is 5.96. The van der Waals surface area contributed by atoms with Crippen molar-refractivity contribution < 1.29 is 23.1 Å². The fraction of sp³-hybridized carbons (Fsp3) is 0.241. The van der Waals surface area contributed by atoms with Crippen molar-refractivity contribution in [3.05, 3.63) is 71.7 Å². The van der Waals surface area contributed by atoms with Crippen molar-refractivity contribution in [2.45, 2.75) is 26.3 Å². The highest BCUT2D eigenvalue weighted by Gasteiger charge is 2.20. The van der Waals surface area contributed by atoms with Crippen LogP contribution < -0.4 is 26.4 Å². The molecule has 0 fully saturated rings. The molecule has 4 aromatic rings. The summed E-state index contributed by atoms with van der Waals surface area (Å²) < 4.78 is 36.2. The van der Waals surface area contributed by atoms with Crippen molar-refractivity contribution in [3.8, 4) is 29.4 Å². The van der Waals surface area contributed by atoms with Gasteiger partial charge in [-0.15, -0.1) is 6.42 Å². The number of hydrogen-bond acceptors (Lipinski definition) is 7. The molecule has 0 saturated heterocycles. The van der Waals surface area contributed by atoms with Crippen LogP contribution >= 0.6 is 0 Å². The van der Waals surface area contributed by atoms with Gasteiger partial charge in [0.05, 0.1) is 18.4 Å². The number of aromatic nitrogens is 3. The second-order valence-electron chi connectivity index (χ2n) is 9.17. The van der Waals surface area contributed by atoms with Gasteiger partial charge in [0.2, 0.25) is 11.7 Å². The van der Waals surface area contributed by atoms with E-state index in [1.807, 2.05) is 19.9 Å². The summed E-state index contributed by atoms with van der Waals surface area (Å²) in [7, 11) is 0. The highest BCUT2D eigenvalue weighted by Crippen LogP contribution is 2.32. The minimum Gasteiger partial charge on any atom is -0.478 e. The molecule has 0 aliphatic heterocycles. The molecular weight excluding hydrogens is 532 g/mol. The Morgan fingerprint density at radius 3 is 2.73 bits per heavy atom. The Balaban J connectivity index is 1.55. The van der Waals surface area contributed by atoms with Crippen LogP contribution in [0.15, 0.2) is 48.9 Å². The molecule has 0 aliphatic rings. The third-order valence-corrected chi connectivity index (χ3v) is 6.18. The SMILES string of the molecule is C#CCOc1ccc(-c2cnc3c(Nc4ccc(C(=O)N[C@@H](C)CNCC(N)=O)c(CC)c4)nccn23)c(F)c1F. The van der Waals surface area contributed by atoms with Gasteiger partial charge in [-0.2, -0.15) is 4.39 Å². The van der Waals surface area contributed by atoms with E-state index in [4.69, 9.17) is 16.9 Å². The zero-order chi connectivity index (χ0) is 29.5. The van der Waals surface area contributed by atoms with Crippen molar-refractivity contribution in [3.63, 3.8) is 0 Å². The van der Waals surface area contributed by atoms with E-state index >= 15 is 0 Å². The molecule has 212 valence electrons. The van der Waals surface area contributed by atoms with Gasteiger partial charge < -0.3 is 26.4 Å². The quantitative estimate of drug-likeness (QED) is 0.195. The van der Waals surface area contributed by atoms with Crippen LogP contribution in [0.5, 0.6) is 5.75 Å². The first-order valence-corrected chi connectivity index (χ1v) is 12.8. The summed E-state index contributed by atoms with van der Waals surface area (Å²) in [6, 6.07) is 7.76. The Morgan fingerprint density at radius 1 is 1.20 bits per heavy atom. The largest absolute Gasteiger partial charge is 0.478 e. The van der Waals surface area contributed by atoms with Crippen molar-refractivity contribution in [2.24, 2.45) is 5.73 Å². The molecule has 2 aromatic heterocycles. The lowest BCUT2D eigenvalue weighted by atomic mass is 10.0. The number of carbonyl (C=O) groups is 2. The number of fused-ring (bicyclic) bond motifs is 1. The van der Waals surface area contributed by atoms with E-state index in [-0.39, 0.29) is 36.4 Å². The average molecular weight is 562 g/mol. The third kappa shape index (κ3) is 6.59. The number of terminal acetylenes is 1. The van der Waals surface area contributed by atoms with Crippen LogP contribution in [0.2, 0.25) is 0 Å². The molecule has 0 aliphatic carbocycles. The van der Waals surface area contributed by atoms with Crippen molar-refractivity contribution in [1.82, 2.24) is 25.0 Å². The number of imidazole rings is 1. The standard InChI is InChI=1S/C29H29F2N7O3/c1-4-12-41-23-9-8-21(25(30)26(23)31)22-15-35-28-27(34-10-11-38(22)28)37-19-6-7-20(18(5-2)13-19)29(40)36-17(3)14-33-16-24(32)39/h1,6-11,13,15,17,33H,5,12,14,16H2,2-3H3,(H2,32,39)(H,34,37)(H,36,40)/t17-/m0/s1. The van der Waals surface area contributed by atoms with Crippen molar-refractivity contribution >= 4 is 29.0 Å². The molecule has 2 aromatic carbocycles. The number of carbonyl (C=O) groups excluding carboxylic acids is 2. The zero-order valence-corrected chi connectivity index (χ0v) is 22.5. The predicted molar refractivity (Wildman–Crippen MR) is 151 cm³/mol. The number of rotatable bonds is 12. The third-order valence-electron chi connectivity index (χ3n) is 6.18. The van der Waals surface area contributed by atoms with E-state index in [0.29, 0.717) is 41.4 Å². The number of aryl methyl sites for hydroxylation is 1. The number of benzene rings is 2. The molecule has 2 amide bonds. The molecule has 0 unspecified atom stereocenters. The summed E-state index contributed by atoms with van der Waals surface area (Å²) >= 11 is 0. The van der Waals surface area contributed by atoms with Crippen LogP contribution in [0, 0.1) is 24.0 Å². The van der Waals surface area contributed by atoms with Crippen molar-refractivity contribution in [1.29, 1.82) is 0 Å². The Morgan fingerprint density at radius 2 is 2.00 bits per heavy atom. The Bertz CT molecular complexity index is 1630. The first kappa shape index (κ1) is 29.0. The van der Waals surface area contributed by atoms with Gasteiger partial charge in [-0.1, -0.05) is 12.8 Å². The van der Waals surface area contributed by atoms with Gasteiger partial charge in [0, 0.05) is 41.8 Å². The van der Waals surface area contributed by atoms with Gasteiger partial charge in [-0.05, 0) is 49.2 Å². The second-order valence-corrected chi connectivity index (χ2v) is 9.17. The molecule has 41 heavy (non-hydrogen) atoms. The number of halogens is 2. The minimum absolute atomic E-state index is 0.0112. The Hall–Kier alpha value is -5.02. The summed E-state index contributed by atoms with van der Waals surface area (Å²) in [5.41, 5.74) is 7.78. The normalized spacial score (nSPS) is 11.6. The molecule has 1 atom stereocenters. The molecule has 4 rings (SSSR count). The van der Waals surface area contributed by atoms with E-state index < -0.39 is 17.5 Å². The minimum atomic E-state index is -1.15.